The van der Waals surface area contributed by atoms with E-state index in [1.807, 2.05) is 11.9 Å². The molecule has 1 amide bonds. The van der Waals surface area contributed by atoms with E-state index < -0.39 is 0 Å². The molecular weight excluding hydrogens is 176 g/mol. The lowest BCUT2D eigenvalue weighted by Gasteiger charge is -2.29. The summed E-state index contributed by atoms with van der Waals surface area (Å²) in [5, 5.41) is 0. The van der Waals surface area contributed by atoms with Crippen molar-refractivity contribution < 1.29 is 4.79 Å². The molecule has 0 radical (unpaired) electrons. The van der Waals surface area contributed by atoms with Gasteiger partial charge in [-0.1, -0.05) is 27.2 Å². The lowest BCUT2D eigenvalue weighted by molar-refractivity contribution is -0.123. The van der Waals surface area contributed by atoms with E-state index in [2.05, 4.69) is 20.8 Å². The van der Waals surface area contributed by atoms with E-state index in [1.54, 1.807) is 0 Å². The molecule has 1 heterocycles. The molecule has 1 aliphatic heterocycles. The van der Waals surface area contributed by atoms with Crippen LogP contribution in [0.3, 0.4) is 0 Å². The highest BCUT2D eigenvalue weighted by Gasteiger charge is 2.22. The normalized spacial score (nSPS) is 22.8. The van der Waals surface area contributed by atoms with Gasteiger partial charge < -0.3 is 5.73 Å². The Morgan fingerprint density at radius 1 is 1.36 bits per heavy atom. The van der Waals surface area contributed by atoms with Crippen molar-refractivity contribution in [3.63, 3.8) is 0 Å². The van der Waals surface area contributed by atoms with Gasteiger partial charge in [0.1, 0.15) is 0 Å². The molecule has 0 aliphatic carbocycles. The fourth-order valence-electron chi connectivity index (χ4n) is 1.43. The smallest absolute Gasteiger partial charge is 0.234 e. The van der Waals surface area contributed by atoms with Crippen molar-refractivity contribution in [2.24, 2.45) is 11.7 Å². The van der Waals surface area contributed by atoms with Gasteiger partial charge in [-0.05, 0) is 32.4 Å². The fraction of sp³-hybridized carbons (Fsp3) is 0.909. The summed E-state index contributed by atoms with van der Waals surface area (Å²) in [6.07, 6.45) is 3.27. The predicted molar refractivity (Wildman–Crippen MR) is 60.0 cm³/mol. The van der Waals surface area contributed by atoms with Crippen molar-refractivity contribution in [3.05, 3.63) is 0 Å². The maximum Gasteiger partial charge on any atom is 0.234 e. The van der Waals surface area contributed by atoms with E-state index in [4.69, 9.17) is 5.73 Å². The lowest BCUT2D eigenvalue weighted by atomic mass is 10.0. The number of nitrogens with two attached hydrogens (primary N) is 1. The summed E-state index contributed by atoms with van der Waals surface area (Å²) in [6, 6.07) is -0.00579. The van der Waals surface area contributed by atoms with E-state index in [1.165, 1.54) is 6.42 Å². The van der Waals surface area contributed by atoms with E-state index in [9.17, 15) is 4.79 Å². The first kappa shape index (κ1) is 13.4. The molecule has 1 rings (SSSR count). The minimum absolute atomic E-state index is 0.00579. The number of hydrogen-bond acceptors (Lipinski definition) is 2. The van der Waals surface area contributed by atoms with Crippen LogP contribution >= 0.6 is 0 Å². The largest absolute Gasteiger partial charge is 0.368 e. The summed E-state index contributed by atoms with van der Waals surface area (Å²) >= 11 is 0. The summed E-state index contributed by atoms with van der Waals surface area (Å²) < 4.78 is 0. The third-order valence-electron chi connectivity index (χ3n) is 2.10. The topological polar surface area (TPSA) is 46.3 Å². The number of nitrogens with zero attached hydrogens (tertiary/aromatic N) is 1. The Morgan fingerprint density at radius 2 is 1.86 bits per heavy atom. The molecule has 2 N–H and O–H groups in total. The second kappa shape index (κ2) is 6.82. The van der Waals surface area contributed by atoms with Crippen LogP contribution in [-0.4, -0.2) is 30.4 Å². The van der Waals surface area contributed by atoms with Gasteiger partial charge in [-0.3, -0.25) is 9.69 Å². The van der Waals surface area contributed by atoms with Crippen LogP contribution < -0.4 is 5.73 Å². The molecule has 1 saturated heterocycles. The number of carbonyl (C=O) groups excluding carboxylic acids is 1. The zero-order valence-electron chi connectivity index (χ0n) is 9.92. The maximum absolute atomic E-state index is 10.7. The van der Waals surface area contributed by atoms with Gasteiger partial charge in [0, 0.05) is 0 Å². The molecular formula is C11H24N2O. The van der Waals surface area contributed by atoms with Gasteiger partial charge in [0.25, 0.3) is 0 Å². The maximum atomic E-state index is 10.7. The fourth-order valence-corrected chi connectivity index (χ4v) is 1.43. The van der Waals surface area contributed by atoms with Crippen LogP contribution in [0.15, 0.2) is 0 Å². The molecule has 1 atom stereocenters. The number of carbonyl (C=O) groups is 1. The number of amides is 1. The standard InChI is InChI=1S/C7H14N2O.C4H10/c1-9-5-3-2-4-6(9)7(8)10;1-4(2)3/h6H,2-5H2,1H3,(H2,8,10);4H,1-3H3/t6-;/m1./s1. The van der Waals surface area contributed by atoms with Gasteiger partial charge in [-0.15, -0.1) is 0 Å². The van der Waals surface area contributed by atoms with Crippen LogP contribution in [-0.2, 0) is 4.79 Å². The molecule has 3 nitrogen and oxygen atoms in total. The third-order valence-corrected chi connectivity index (χ3v) is 2.10. The second-order valence-electron chi connectivity index (χ2n) is 4.63. The predicted octanol–water partition coefficient (Wildman–Crippen LogP) is 1.62. The SMILES string of the molecule is CC(C)C.CN1CCCC[C@@H]1C(N)=O. The second-order valence-corrected chi connectivity index (χ2v) is 4.63. The van der Waals surface area contributed by atoms with Gasteiger partial charge >= 0.3 is 0 Å². The van der Waals surface area contributed by atoms with Crippen molar-refractivity contribution in [2.75, 3.05) is 13.6 Å². The molecule has 1 fully saturated rings. The van der Waals surface area contributed by atoms with Crippen LogP contribution in [0.4, 0.5) is 0 Å². The highest BCUT2D eigenvalue weighted by molar-refractivity contribution is 5.79. The molecule has 0 saturated carbocycles. The highest BCUT2D eigenvalue weighted by atomic mass is 16.1. The third kappa shape index (κ3) is 5.97. The zero-order chi connectivity index (χ0) is 11.1. The van der Waals surface area contributed by atoms with Crippen molar-refractivity contribution >= 4 is 5.91 Å². The molecule has 3 heteroatoms. The molecule has 1 aliphatic rings. The average molecular weight is 200 g/mol. The van der Waals surface area contributed by atoms with Crippen LogP contribution in [0.25, 0.3) is 0 Å². The number of piperidine rings is 1. The zero-order valence-corrected chi connectivity index (χ0v) is 9.92. The molecule has 0 spiro atoms. The minimum Gasteiger partial charge on any atom is -0.368 e. The highest BCUT2D eigenvalue weighted by Crippen LogP contribution is 2.13. The molecule has 84 valence electrons. The Labute approximate surface area is 87.6 Å². The number of hydrogen-bond donors (Lipinski definition) is 1. The van der Waals surface area contributed by atoms with Crippen molar-refractivity contribution in [3.8, 4) is 0 Å². The Hall–Kier alpha value is -0.570. The number of likely N-dealkylation sites (N-methyl/N-ethyl adjacent to an activating group) is 1. The molecule has 14 heavy (non-hydrogen) atoms. The van der Waals surface area contributed by atoms with E-state index >= 15 is 0 Å². The molecule has 0 bridgehead atoms. The molecule has 0 aromatic carbocycles. The first-order valence-corrected chi connectivity index (χ1v) is 5.44. The summed E-state index contributed by atoms with van der Waals surface area (Å²) in [5.41, 5.74) is 5.18. The van der Waals surface area contributed by atoms with Crippen LogP contribution in [0.1, 0.15) is 40.0 Å². The summed E-state index contributed by atoms with van der Waals surface area (Å²) in [6.45, 7) is 7.51. The van der Waals surface area contributed by atoms with Crippen molar-refractivity contribution in [1.82, 2.24) is 4.90 Å². The summed E-state index contributed by atoms with van der Waals surface area (Å²) in [4.78, 5) is 12.8. The number of rotatable bonds is 1. The van der Waals surface area contributed by atoms with E-state index in [0.717, 1.165) is 25.3 Å². The first-order valence-electron chi connectivity index (χ1n) is 5.44. The van der Waals surface area contributed by atoms with Crippen LogP contribution in [0.5, 0.6) is 0 Å². The number of likely N-dealkylation sites (tertiary alicyclic amines) is 1. The van der Waals surface area contributed by atoms with Crippen LogP contribution in [0.2, 0.25) is 0 Å². The Kier molecular flexibility index (Phi) is 6.54. The van der Waals surface area contributed by atoms with Crippen molar-refractivity contribution in [1.29, 1.82) is 0 Å². The van der Waals surface area contributed by atoms with E-state index in [-0.39, 0.29) is 11.9 Å². The Bertz CT molecular complexity index is 166. The van der Waals surface area contributed by atoms with Gasteiger partial charge in [0.15, 0.2) is 0 Å². The molecule has 0 aromatic rings. The molecule has 0 aromatic heterocycles. The first-order chi connectivity index (χ1) is 6.45. The Morgan fingerprint density at radius 3 is 2.14 bits per heavy atom. The monoisotopic (exact) mass is 200 g/mol. The summed E-state index contributed by atoms with van der Waals surface area (Å²) in [7, 11) is 1.95. The summed E-state index contributed by atoms with van der Waals surface area (Å²) in [5.74, 6) is 0.655. The average Bonchev–Trinajstić information content (AvgIpc) is 2.03. The Balaban J connectivity index is 0.000000364. The quantitative estimate of drug-likeness (QED) is 0.699. The number of primary amides is 1. The van der Waals surface area contributed by atoms with Gasteiger partial charge in [-0.25, -0.2) is 0 Å². The van der Waals surface area contributed by atoms with E-state index in [0.29, 0.717) is 0 Å². The van der Waals surface area contributed by atoms with Gasteiger partial charge in [0.05, 0.1) is 6.04 Å². The van der Waals surface area contributed by atoms with Crippen LogP contribution in [0, 0.1) is 5.92 Å². The minimum atomic E-state index is -0.179. The van der Waals surface area contributed by atoms with Crippen molar-refractivity contribution in [2.45, 2.75) is 46.1 Å². The van der Waals surface area contributed by atoms with Gasteiger partial charge in [-0.2, -0.15) is 0 Å². The molecule has 0 unspecified atom stereocenters. The lowest BCUT2D eigenvalue weighted by Crippen LogP contribution is -2.45. The van der Waals surface area contributed by atoms with Gasteiger partial charge in [0.2, 0.25) is 5.91 Å².